The molecule has 0 aromatic heterocycles. The van der Waals surface area contributed by atoms with E-state index in [1.807, 2.05) is 0 Å². The first-order valence-corrected chi connectivity index (χ1v) is 4.25. The first-order chi connectivity index (χ1) is 7.26. The van der Waals surface area contributed by atoms with E-state index in [9.17, 15) is 36.2 Å². The molecule has 0 radical (unpaired) electrons. The maximum Gasteiger partial charge on any atom is 0.425 e. The second-order valence-corrected chi connectivity index (χ2v) is 3.92. The molecular formula is C9H9F6O2-. The Morgan fingerprint density at radius 3 is 1.76 bits per heavy atom. The van der Waals surface area contributed by atoms with Crippen LogP contribution in [0.3, 0.4) is 0 Å². The van der Waals surface area contributed by atoms with Crippen molar-refractivity contribution in [1.29, 1.82) is 0 Å². The SMILES string of the molecule is C=C(C(=O)[O-])C(C)(C)C(F)(F)C(F)C(F)(F)F. The number of halogens is 6. The summed E-state index contributed by atoms with van der Waals surface area (Å²) in [5.41, 5.74) is -4.24. The lowest BCUT2D eigenvalue weighted by molar-refractivity contribution is -0.305. The first-order valence-electron chi connectivity index (χ1n) is 4.25. The monoisotopic (exact) mass is 263 g/mol. The molecule has 0 heterocycles. The van der Waals surface area contributed by atoms with Crippen molar-refractivity contribution in [3.05, 3.63) is 12.2 Å². The molecule has 0 N–H and O–H groups in total. The molecule has 0 aliphatic rings. The number of aliphatic carboxylic acids is 1. The molecule has 100 valence electrons. The van der Waals surface area contributed by atoms with Crippen LogP contribution in [0.15, 0.2) is 12.2 Å². The highest BCUT2D eigenvalue weighted by atomic mass is 19.4. The van der Waals surface area contributed by atoms with Gasteiger partial charge in [0.25, 0.3) is 12.1 Å². The lowest BCUT2D eigenvalue weighted by Gasteiger charge is -2.38. The lowest BCUT2D eigenvalue weighted by Crippen LogP contribution is -2.53. The molecule has 0 fully saturated rings. The van der Waals surface area contributed by atoms with E-state index in [4.69, 9.17) is 0 Å². The average Bonchev–Trinajstić information content (AvgIpc) is 2.13. The van der Waals surface area contributed by atoms with Gasteiger partial charge in [0.2, 0.25) is 0 Å². The second kappa shape index (κ2) is 4.23. The zero-order valence-electron chi connectivity index (χ0n) is 8.87. The normalized spacial score (nSPS) is 15.5. The van der Waals surface area contributed by atoms with Crippen molar-refractivity contribution in [3.8, 4) is 0 Å². The van der Waals surface area contributed by atoms with Gasteiger partial charge in [0.05, 0.1) is 11.4 Å². The van der Waals surface area contributed by atoms with Crippen molar-refractivity contribution in [2.24, 2.45) is 5.41 Å². The van der Waals surface area contributed by atoms with E-state index < -0.39 is 35.2 Å². The van der Waals surface area contributed by atoms with Gasteiger partial charge >= 0.3 is 6.18 Å². The van der Waals surface area contributed by atoms with Crippen molar-refractivity contribution >= 4 is 5.97 Å². The van der Waals surface area contributed by atoms with Crippen LogP contribution in [-0.2, 0) is 4.79 Å². The summed E-state index contributed by atoms with van der Waals surface area (Å²) in [5, 5.41) is 10.3. The van der Waals surface area contributed by atoms with E-state index >= 15 is 0 Å². The molecule has 17 heavy (non-hydrogen) atoms. The number of carboxylic acids is 1. The Kier molecular flexibility index (Phi) is 3.93. The minimum absolute atomic E-state index is 0.448. The fraction of sp³-hybridized carbons (Fsp3) is 0.667. The summed E-state index contributed by atoms with van der Waals surface area (Å²) in [4.78, 5) is 10.3. The summed E-state index contributed by atoms with van der Waals surface area (Å²) in [6, 6.07) is 0. The minimum Gasteiger partial charge on any atom is -0.545 e. The third-order valence-electron chi connectivity index (χ3n) is 2.44. The Labute approximate surface area is 92.9 Å². The zero-order chi connectivity index (χ0) is 14.2. The number of carbonyl (C=O) groups excluding carboxylic acids is 1. The maximum absolute atomic E-state index is 13.3. The van der Waals surface area contributed by atoms with Crippen LogP contribution in [0.1, 0.15) is 13.8 Å². The van der Waals surface area contributed by atoms with Crippen LogP contribution in [-0.4, -0.2) is 24.2 Å². The molecule has 1 unspecified atom stereocenters. The molecule has 8 heteroatoms. The maximum atomic E-state index is 13.3. The summed E-state index contributed by atoms with van der Waals surface area (Å²) in [6.07, 6.45) is -10.3. The standard InChI is InChI=1S/C9H10F6O2/c1-4(5(16)17)7(2,3)8(11,12)6(10)9(13,14)15/h6H,1H2,2-3H3,(H,16,17)/p-1. The Balaban J connectivity index is 5.45. The van der Waals surface area contributed by atoms with Crippen LogP contribution in [0.4, 0.5) is 26.3 Å². The van der Waals surface area contributed by atoms with Crippen LogP contribution < -0.4 is 5.11 Å². The third-order valence-corrected chi connectivity index (χ3v) is 2.44. The number of alkyl halides is 6. The van der Waals surface area contributed by atoms with Crippen molar-refractivity contribution in [3.63, 3.8) is 0 Å². The molecule has 0 saturated carbocycles. The fourth-order valence-electron chi connectivity index (χ4n) is 0.979. The van der Waals surface area contributed by atoms with Crippen molar-refractivity contribution in [2.45, 2.75) is 32.1 Å². The van der Waals surface area contributed by atoms with Gasteiger partial charge in [0, 0.05) is 0 Å². The van der Waals surface area contributed by atoms with Gasteiger partial charge in [-0.2, -0.15) is 13.2 Å². The van der Waals surface area contributed by atoms with Gasteiger partial charge in [-0.1, -0.05) is 6.58 Å². The highest BCUT2D eigenvalue weighted by Crippen LogP contribution is 2.48. The molecule has 0 bridgehead atoms. The van der Waals surface area contributed by atoms with Gasteiger partial charge < -0.3 is 9.90 Å². The van der Waals surface area contributed by atoms with Crippen LogP contribution in [0.5, 0.6) is 0 Å². The quantitative estimate of drug-likeness (QED) is 0.573. The fourth-order valence-corrected chi connectivity index (χ4v) is 0.979. The molecule has 0 aliphatic heterocycles. The highest BCUT2D eigenvalue weighted by Gasteiger charge is 2.64. The molecule has 0 rings (SSSR count). The summed E-state index contributed by atoms with van der Waals surface area (Å²) in [5.74, 6) is -7.13. The van der Waals surface area contributed by atoms with Gasteiger partial charge in [0.1, 0.15) is 0 Å². The van der Waals surface area contributed by atoms with Gasteiger partial charge in [0.15, 0.2) is 0 Å². The molecule has 0 aromatic rings. The Morgan fingerprint density at radius 1 is 1.18 bits per heavy atom. The van der Waals surface area contributed by atoms with Gasteiger partial charge in [-0.25, -0.2) is 13.2 Å². The smallest absolute Gasteiger partial charge is 0.425 e. The molecule has 0 spiro atoms. The van der Waals surface area contributed by atoms with Crippen molar-refractivity contribution < 1.29 is 36.2 Å². The number of hydrogen-bond donors (Lipinski definition) is 0. The summed E-state index contributed by atoms with van der Waals surface area (Å²) in [7, 11) is 0. The highest BCUT2D eigenvalue weighted by molar-refractivity contribution is 5.85. The topological polar surface area (TPSA) is 40.1 Å². The molecule has 0 amide bonds. The second-order valence-electron chi connectivity index (χ2n) is 3.92. The molecule has 0 aromatic carbocycles. The summed E-state index contributed by atoms with van der Waals surface area (Å²) >= 11 is 0. The van der Waals surface area contributed by atoms with Crippen LogP contribution in [0.25, 0.3) is 0 Å². The molecule has 1 atom stereocenters. The summed E-state index contributed by atoms with van der Waals surface area (Å²) < 4.78 is 74.9. The van der Waals surface area contributed by atoms with Crippen molar-refractivity contribution in [2.75, 3.05) is 0 Å². The molecule has 2 nitrogen and oxygen atoms in total. The first kappa shape index (κ1) is 15.8. The third kappa shape index (κ3) is 2.73. The zero-order valence-corrected chi connectivity index (χ0v) is 8.87. The molecular weight excluding hydrogens is 254 g/mol. The van der Waals surface area contributed by atoms with Crippen LogP contribution in [0, 0.1) is 5.41 Å². The van der Waals surface area contributed by atoms with E-state index in [-0.39, 0.29) is 0 Å². The van der Waals surface area contributed by atoms with Crippen molar-refractivity contribution in [1.82, 2.24) is 0 Å². The number of carbonyl (C=O) groups is 1. The Bertz CT molecular complexity index is 331. The van der Waals surface area contributed by atoms with E-state index in [1.54, 1.807) is 0 Å². The van der Waals surface area contributed by atoms with Crippen LogP contribution >= 0.6 is 0 Å². The lowest BCUT2D eigenvalue weighted by atomic mass is 9.76. The Hall–Kier alpha value is -1.21. The average molecular weight is 263 g/mol. The van der Waals surface area contributed by atoms with E-state index in [0.717, 1.165) is 0 Å². The summed E-state index contributed by atoms with van der Waals surface area (Å²) in [6.45, 7) is 3.58. The van der Waals surface area contributed by atoms with Gasteiger partial charge in [-0.15, -0.1) is 0 Å². The number of rotatable bonds is 4. The number of hydrogen-bond acceptors (Lipinski definition) is 2. The van der Waals surface area contributed by atoms with Gasteiger partial charge in [-0.3, -0.25) is 0 Å². The minimum atomic E-state index is -5.80. The molecule has 0 aliphatic carbocycles. The Morgan fingerprint density at radius 2 is 1.53 bits per heavy atom. The van der Waals surface area contributed by atoms with E-state index in [0.29, 0.717) is 13.8 Å². The van der Waals surface area contributed by atoms with Crippen LogP contribution in [0.2, 0.25) is 0 Å². The van der Waals surface area contributed by atoms with E-state index in [1.165, 1.54) is 0 Å². The predicted molar refractivity (Wildman–Crippen MR) is 43.8 cm³/mol. The predicted octanol–water partition coefficient (Wildman–Crippen LogP) is 1.85. The van der Waals surface area contributed by atoms with Gasteiger partial charge in [-0.05, 0) is 19.4 Å². The van der Waals surface area contributed by atoms with E-state index in [2.05, 4.69) is 6.58 Å². The molecule has 0 saturated heterocycles. The number of carboxylic acid groups (broad SMARTS) is 1. The largest absolute Gasteiger partial charge is 0.545 e.